The lowest BCUT2D eigenvalue weighted by atomic mass is 9.89. The molecular formula is C14H24O. The predicted molar refractivity (Wildman–Crippen MR) is 63.9 cm³/mol. The summed E-state index contributed by atoms with van der Waals surface area (Å²) >= 11 is 0. The lowest BCUT2D eigenvalue weighted by Gasteiger charge is -2.14. The van der Waals surface area contributed by atoms with E-state index >= 15 is 0 Å². The van der Waals surface area contributed by atoms with Gasteiger partial charge < -0.3 is 4.74 Å². The van der Waals surface area contributed by atoms with Crippen molar-refractivity contribution in [2.75, 3.05) is 13.2 Å². The Morgan fingerprint density at radius 1 is 0.867 bits per heavy atom. The number of rotatable bonds is 0. The van der Waals surface area contributed by atoms with Gasteiger partial charge in [0.05, 0.1) is 13.2 Å². The Kier molecular flexibility index (Phi) is 4.72. The van der Waals surface area contributed by atoms with Crippen LogP contribution in [0.15, 0.2) is 12.2 Å². The van der Waals surface area contributed by atoms with Crippen molar-refractivity contribution in [1.29, 1.82) is 0 Å². The van der Waals surface area contributed by atoms with Gasteiger partial charge in [-0.05, 0) is 25.2 Å². The molecule has 2 rings (SSSR count). The zero-order chi connectivity index (χ0) is 10.3. The normalized spacial score (nSPS) is 36.3. The highest BCUT2D eigenvalue weighted by Gasteiger charge is 2.25. The van der Waals surface area contributed by atoms with Crippen molar-refractivity contribution < 1.29 is 4.74 Å². The van der Waals surface area contributed by atoms with E-state index in [0.29, 0.717) is 0 Å². The third-order valence-corrected chi connectivity index (χ3v) is 3.83. The minimum absolute atomic E-state index is 0.726. The second-order valence-corrected chi connectivity index (χ2v) is 5.09. The summed E-state index contributed by atoms with van der Waals surface area (Å²) in [5.41, 5.74) is 0. The van der Waals surface area contributed by atoms with E-state index in [4.69, 9.17) is 4.74 Å². The lowest BCUT2D eigenvalue weighted by Crippen LogP contribution is -2.10. The topological polar surface area (TPSA) is 9.23 Å². The molecule has 1 saturated heterocycles. The number of fused-ring (bicyclic) bond motifs is 1. The summed E-state index contributed by atoms with van der Waals surface area (Å²) in [6.07, 6.45) is 16.0. The van der Waals surface area contributed by atoms with E-state index in [2.05, 4.69) is 12.2 Å². The zero-order valence-electron chi connectivity index (χ0n) is 9.79. The maximum Gasteiger partial charge on any atom is 0.0532 e. The smallest absolute Gasteiger partial charge is 0.0532 e. The molecule has 0 amide bonds. The van der Waals surface area contributed by atoms with Crippen molar-refractivity contribution in [3.8, 4) is 0 Å². The molecule has 0 unspecified atom stereocenters. The number of allylic oxidation sites excluding steroid dienone is 1. The Morgan fingerprint density at radius 2 is 1.67 bits per heavy atom. The summed E-state index contributed by atoms with van der Waals surface area (Å²) in [5.74, 6) is 1.55. The standard InChI is InChI=1S/C14H24O/c1-2-4-6-8-10-14-12-15-11-13(14)9-7-5-3-1/h7,9,13-14H,1-6,8,10-12H2/b9-7+/t13-,14+/m0/s1. The van der Waals surface area contributed by atoms with Crippen molar-refractivity contribution in [2.24, 2.45) is 11.8 Å². The Hall–Kier alpha value is -0.300. The molecule has 1 fully saturated rings. The molecule has 0 spiro atoms. The fourth-order valence-electron chi connectivity index (χ4n) is 2.77. The summed E-state index contributed by atoms with van der Waals surface area (Å²) < 4.78 is 5.60. The molecule has 15 heavy (non-hydrogen) atoms. The van der Waals surface area contributed by atoms with Gasteiger partial charge in [-0.15, -0.1) is 0 Å². The van der Waals surface area contributed by atoms with Gasteiger partial charge in [-0.1, -0.05) is 44.3 Å². The first-order chi connectivity index (χ1) is 7.47. The summed E-state index contributed by atoms with van der Waals surface area (Å²) in [6, 6.07) is 0. The third kappa shape index (κ3) is 3.64. The summed E-state index contributed by atoms with van der Waals surface area (Å²) in [5, 5.41) is 0. The predicted octanol–water partition coefficient (Wildman–Crippen LogP) is 3.94. The Morgan fingerprint density at radius 3 is 2.60 bits per heavy atom. The first-order valence-corrected chi connectivity index (χ1v) is 6.71. The molecule has 0 aromatic rings. The first-order valence-electron chi connectivity index (χ1n) is 6.71. The average Bonchev–Trinajstić information content (AvgIpc) is 2.65. The van der Waals surface area contributed by atoms with E-state index in [0.717, 1.165) is 25.0 Å². The van der Waals surface area contributed by atoms with Gasteiger partial charge in [0.1, 0.15) is 0 Å². The van der Waals surface area contributed by atoms with E-state index in [-0.39, 0.29) is 0 Å². The maximum atomic E-state index is 5.60. The van der Waals surface area contributed by atoms with Gasteiger partial charge in [-0.25, -0.2) is 0 Å². The summed E-state index contributed by atoms with van der Waals surface area (Å²) in [7, 11) is 0. The van der Waals surface area contributed by atoms with Gasteiger partial charge in [0, 0.05) is 5.92 Å². The molecular weight excluding hydrogens is 184 g/mol. The van der Waals surface area contributed by atoms with E-state index in [1.165, 1.54) is 51.4 Å². The van der Waals surface area contributed by atoms with Crippen LogP contribution in [-0.4, -0.2) is 13.2 Å². The molecule has 1 heterocycles. The van der Waals surface area contributed by atoms with Crippen molar-refractivity contribution in [3.05, 3.63) is 12.2 Å². The monoisotopic (exact) mass is 208 g/mol. The highest BCUT2D eigenvalue weighted by Crippen LogP contribution is 2.28. The number of hydrogen-bond acceptors (Lipinski definition) is 1. The van der Waals surface area contributed by atoms with Crippen LogP contribution in [-0.2, 0) is 4.74 Å². The molecule has 0 aromatic carbocycles. The summed E-state index contributed by atoms with van der Waals surface area (Å²) in [6.45, 7) is 1.98. The summed E-state index contributed by atoms with van der Waals surface area (Å²) in [4.78, 5) is 0. The van der Waals surface area contributed by atoms with Gasteiger partial charge in [0.15, 0.2) is 0 Å². The highest BCUT2D eigenvalue weighted by molar-refractivity contribution is 4.94. The van der Waals surface area contributed by atoms with Crippen LogP contribution in [0.1, 0.15) is 51.4 Å². The van der Waals surface area contributed by atoms with Crippen molar-refractivity contribution in [3.63, 3.8) is 0 Å². The molecule has 1 aliphatic heterocycles. The molecule has 0 saturated carbocycles. The van der Waals surface area contributed by atoms with Crippen molar-refractivity contribution in [2.45, 2.75) is 51.4 Å². The minimum atomic E-state index is 0.726. The van der Waals surface area contributed by atoms with E-state index in [1.54, 1.807) is 0 Å². The Balaban J connectivity index is 1.86. The number of ether oxygens (including phenoxy) is 1. The Bertz CT molecular complexity index is 198. The minimum Gasteiger partial charge on any atom is -0.381 e. The van der Waals surface area contributed by atoms with Crippen LogP contribution in [0, 0.1) is 11.8 Å². The van der Waals surface area contributed by atoms with Gasteiger partial charge in [0.2, 0.25) is 0 Å². The Labute approximate surface area is 93.9 Å². The van der Waals surface area contributed by atoms with E-state index in [9.17, 15) is 0 Å². The largest absolute Gasteiger partial charge is 0.381 e. The highest BCUT2D eigenvalue weighted by atomic mass is 16.5. The second-order valence-electron chi connectivity index (χ2n) is 5.09. The van der Waals surface area contributed by atoms with Crippen LogP contribution in [0.3, 0.4) is 0 Å². The second kappa shape index (κ2) is 6.32. The van der Waals surface area contributed by atoms with E-state index < -0.39 is 0 Å². The number of hydrogen-bond donors (Lipinski definition) is 0. The molecule has 0 radical (unpaired) electrons. The third-order valence-electron chi connectivity index (χ3n) is 3.83. The molecule has 1 aliphatic carbocycles. The molecule has 0 aromatic heterocycles. The molecule has 1 heteroatoms. The van der Waals surface area contributed by atoms with Crippen LogP contribution in [0.4, 0.5) is 0 Å². The van der Waals surface area contributed by atoms with Crippen LogP contribution in [0.5, 0.6) is 0 Å². The van der Waals surface area contributed by atoms with Crippen LogP contribution in [0.25, 0.3) is 0 Å². The van der Waals surface area contributed by atoms with Crippen LogP contribution >= 0.6 is 0 Å². The first kappa shape index (κ1) is 11.2. The molecule has 2 atom stereocenters. The molecule has 1 nitrogen and oxygen atoms in total. The van der Waals surface area contributed by atoms with Crippen molar-refractivity contribution in [1.82, 2.24) is 0 Å². The fourth-order valence-corrected chi connectivity index (χ4v) is 2.77. The fraction of sp³-hybridized carbons (Fsp3) is 0.857. The van der Waals surface area contributed by atoms with Crippen molar-refractivity contribution >= 4 is 0 Å². The molecule has 0 N–H and O–H groups in total. The van der Waals surface area contributed by atoms with Gasteiger partial charge in [-0.3, -0.25) is 0 Å². The van der Waals surface area contributed by atoms with Crippen LogP contribution < -0.4 is 0 Å². The molecule has 86 valence electrons. The van der Waals surface area contributed by atoms with Gasteiger partial charge in [0.25, 0.3) is 0 Å². The quantitative estimate of drug-likeness (QED) is 0.548. The van der Waals surface area contributed by atoms with Gasteiger partial charge >= 0.3 is 0 Å². The molecule has 0 bridgehead atoms. The van der Waals surface area contributed by atoms with Crippen LogP contribution in [0.2, 0.25) is 0 Å². The molecule has 2 aliphatic rings. The SMILES string of the molecule is C1=C/[C@H]2COC[C@H]2CCCCCCCC/1. The van der Waals surface area contributed by atoms with Gasteiger partial charge in [-0.2, -0.15) is 0 Å². The average molecular weight is 208 g/mol. The lowest BCUT2D eigenvalue weighted by molar-refractivity contribution is 0.181. The zero-order valence-corrected chi connectivity index (χ0v) is 9.79. The van der Waals surface area contributed by atoms with E-state index in [1.807, 2.05) is 0 Å². The maximum absolute atomic E-state index is 5.60.